The maximum Gasteiger partial charge on any atom is 0.230 e. The lowest BCUT2D eigenvalue weighted by Crippen LogP contribution is -2.44. The van der Waals surface area contributed by atoms with Gasteiger partial charge in [-0.15, -0.1) is 11.8 Å². The molecule has 1 saturated carbocycles. The zero-order valence-electron chi connectivity index (χ0n) is 13.9. The molecule has 2 nitrogen and oxygen atoms in total. The van der Waals surface area contributed by atoms with E-state index < -0.39 is 0 Å². The Kier molecular flexibility index (Phi) is 5.27. The number of hydrogen-bond donors (Lipinski definition) is 1. The van der Waals surface area contributed by atoms with Crippen molar-refractivity contribution in [2.24, 2.45) is 11.8 Å². The molecule has 0 unspecified atom stereocenters. The van der Waals surface area contributed by atoms with Crippen molar-refractivity contribution < 1.29 is 4.79 Å². The van der Waals surface area contributed by atoms with Crippen LogP contribution in [-0.2, 0) is 4.79 Å². The summed E-state index contributed by atoms with van der Waals surface area (Å²) < 4.78 is 0. The number of amides is 1. The summed E-state index contributed by atoms with van der Waals surface area (Å²) in [7, 11) is 0. The van der Waals surface area contributed by atoms with Gasteiger partial charge in [-0.2, -0.15) is 0 Å². The van der Waals surface area contributed by atoms with Gasteiger partial charge < -0.3 is 5.32 Å². The van der Waals surface area contributed by atoms with Crippen molar-refractivity contribution in [2.45, 2.75) is 44.0 Å². The summed E-state index contributed by atoms with van der Waals surface area (Å²) in [5.74, 6) is 1.95. The Balaban J connectivity index is 1.55. The predicted molar refractivity (Wildman–Crippen MR) is 98.8 cm³/mol. The van der Waals surface area contributed by atoms with Crippen LogP contribution in [0.25, 0.3) is 10.8 Å². The third kappa shape index (κ3) is 4.08. The van der Waals surface area contributed by atoms with Crippen molar-refractivity contribution in [3.05, 3.63) is 42.5 Å². The number of hydrogen-bond acceptors (Lipinski definition) is 2. The zero-order valence-corrected chi connectivity index (χ0v) is 14.7. The Bertz CT molecular complexity index is 684. The lowest BCUT2D eigenvalue weighted by Gasteiger charge is -2.34. The highest BCUT2D eigenvalue weighted by Crippen LogP contribution is 2.30. The van der Waals surface area contributed by atoms with E-state index in [4.69, 9.17) is 0 Å². The molecule has 0 aromatic heterocycles. The van der Waals surface area contributed by atoms with Crippen LogP contribution in [-0.4, -0.2) is 17.7 Å². The molecule has 3 rings (SSSR count). The van der Waals surface area contributed by atoms with E-state index in [1.165, 1.54) is 23.6 Å². The third-order valence-corrected chi connectivity index (χ3v) is 6.14. The van der Waals surface area contributed by atoms with E-state index in [1.807, 2.05) is 0 Å². The average Bonchev–Trinajstić information content (AvgIpc) is 2.57. The molecule has 2 aromatic carbocycles. The van der Waals surface area contributed by atoms with Crippen molar-refractivity contribution in [2.75, 3.05) is 5.75 Å². The first kappa shape index (κ1) is 16.4. The Labute approximate surface area is 143 Å². The fourth-order valence-electron chi connectivity index (χ4n) is 3.44. The van der Waals surface area contributed by atoms with Crippen molar-refractivity contribution in [1.82, 2.24) is 5.32 Å². The molecule has 2 aromatic rings. The Hall–Kier alpha value is -1.48. The standard InChI is InChI=1S/C20H25NOS/c1-14-6-5-9-19(15(14)2)21-20(22)13-23-18-11-10-16-7-3-4-8-17(16)12-18/h3-4,7-8,10-12,14-15,19H,5-6,9,13H2,1-2H3,(H,21,22)/t14-,15+,19-/m0/s1. The predicted octanol–water partition coefficient (Wildman–Crippen LogP) is 4.87. The van der Waals surface area contributed by atoms with Crippen LogP contribution in [0.1, 0.15) is 33.1 Å². The Morgan fingerprint density at radius 3 is 2.74 bits per heavy atom. The van der Waals surface area contributed by atoms with Gasteiger partial charge in [0.2, 0.25) is 5.91 Å². The van der Waals surface area contributed by atoms with Crippen LogP contribution in [0.5, 0.6) is 0 Å². The second-order valence-electron chi connectivity index (χ2n) is 6.74. The summed E-state index contributed by atoms with van der Waals surface area (Å²) in [6, 6.07) is 15.1. The molecule has 122 valence electrons. The second kappa shape index (κ2) is 7.39. The van der Waals surface area contributed by atoms with Gasteiger partial charge in [-0.3, -0.25) is 4.79 Å². The molecule has 0 spiro atoms. The molecule has 0 saturated heterocycles. The first-order valence-electron chi connectivity index (χ1n) is 8.54. The number of fused-ring (bicyclic) bond motifs is 1. The topological polar surface area (TPSA) is 29.1 Å². The van der Waals surface area contributed by atoms with Crippen LogP contribution in [0.15, 0.2) is 47.4 Å². The van der Waals surface area contributed by atoms with Crippen molar-refractivity contribution >= 4 is 28.4 Å². The number of benzene rings is 2. The molecule has 1 aliphatic rings. The SMILES string of the molecule is C[C@H]1[C@@H](NC(=O)CSc2ccc3ccccc3c2)CCC[C@@H]1C. The highest BCUT2D eigenvalue weighted by Gasteiger charge is 2.27. The maximum atomic E-state index is 12.3. The Morgan fingerprint density at radius 1 is 1.13 bits per heavy atom. The number of carbonyl (C=O) groups excluding carboxylic acids is 1. The van der Waals surface area contributed by atoms with Crippen molar-refractivity contribution in [1.29, 1.82) is 0 Å². The summed E-state index contributed by atoms with van der Waals surface area (Å²) in [4.78, 5) is 13.4. The Morgan fingerprint density at radius 2 is 1.91 bits per heavy atom. The monoisotopic (exact) mass is 327 g/mol. The van der Waals surface area contributed by atoms with Crippen LogP contribution >= 0.6 is 11.8 Å². The van der Waals surface area contributed by atoms with Crippen LogP contribution in [0, 0.1) is 11.8 Å². The highest BCUT2D eigenvalue weighted by atomic mass is 32.2. The van der Waals surface area contributed by atoms with Crippen LogP contribution in [0.2, 0.25) is 0 Å². The zero-order chi connectivity index (χ0) is 16.2. The van der Waals surface area contributed by atoms with E-state index in [0.717, 1.165) is 11.3 Å². The van der Waals surface area contributed by atoms with Crippen LogP contribution < -0.4 is 5.32 Å². The van der Waals surface area contributed by atoms with Gasteiger partial charge >= 0.3 is 0 Å². The minimum atomic E-state index is 0.161. The van der Waals surface area contributed by atoms with Crippen LogP contribution in [0.4, 0.5) is 0 Å². The fourth-order valence-corrected chi connectivity index (χ4v) is 4.20. The highest BCUT2D eigenvalue weighted by molar-refractivity contribution is 8.00. The van der Waals surface area contributed by atoms with E-state index in [9.17, 15) is 4.79 Å². The van der Waals surface area contributed by atoms with Gasteiger partial charge in [0.15, 0.2) is 0 Å². The van der Waals surface area contributed by atoms with E-state index >= 15 is 0 Å². The van der Waals surface area contributed by atoms with Gasteiger partial charge in [0.1, 0.15) is 0 Å². The third-order valence-electron chi connectivity index (χ3n) is 5.14. The number of thioether (sulfide) groups is 1. The number of rotatable bonds is 4. The molecule has 0 aliphatic heterocycles. The van der Waals surface area contributed by atoms with Gasteiger partial charge in [0, 0.05) is 10.9 Å². The summed E-state index contributed by atoms with van der Waals surface area (Å²) in [6.07, 6.45) is 3.64. The van der Waals surface area contributed by atoms with Gasteiger partial charge in [0.05, 0.1) is 5.75 Å². The lowest BCUT2D eigenvalue weighted by molar-refractivity contribution is -0.119. The molecular weight excluding hydrogens is 302 g/mol. The van der Waals surface area contributed by atoms with Crippen molar-refractivity contribution in [3.63, 3.8) is 0 Å². The maximum absolute atomic E-state index is 12.3. The molecule has 0 bridgehead atoms. The second-order valence-corrected chi connectivity index (χ2v) is 7.79. The van der Waals surface area contributed by atoms with Gasteiger partial charge in [-0.05, 0) is 41.2 Å². The summed E-state index contributed by atoms with van der Waals surface area (Å²) >= 11 is 1.62. The molecule has 1 fully saturated rings. The molecule has 1 aliphatic carbocycles. The minimum Gasteiger partial charge on any atom is -0.352 e. The lowest BCUT2D eigenvalue weighted by atomic mass is 9.78. The molecular formula is C20H25NOS. The minimum absolute atomic E-state index is 0.161. The largest absolute Gasteiger partial charge is 0.352 e. The van der Waals surface area contributed by atoms with Gasteiger partial charge in [-0.25, -0.2) is 0 Å². The van der Waals surface area contributed by atoms with Crippen molar-refractivity contribution in [3.8, 4) is 0 Å². The molecule has 1 amide bonds. The normalized spacial score (nSPS) is 24.5. The summed E-state index contributed by atoms with van der Waals surface area (Å²) in [5.41, 5.74) is 0. The molecule has 0 radical (unpaired) electrons. The van der Waals surface area contributed by atoms with E-state index in [2.05, 4.69) is 61.6 Å². The van der Waals surface area contributed by atoms with Gasteiger partial charge in [0.25, 0.3) is 0 Å². The van der Waals surface area contributed by atoms with E-state index in [-0.39, 0.29) is 5.91 Å². The summed E-state index contributed by atoms with van der Waals surface area (Å²) in [5, 5.41) is 5.72. The summed E-state index contributed by atoms with van der Waals surface area (Å²) in [6.45, 7) is 4.57. The van der Waals surface area contributed by atoms with E-state index in [0.29, 0.717) is 23.6 Å². The number of nitrogens with one attached hydrogen (secondary N) is 1. The van der Waals surface area contributed by atoms with E-state index in [1.54, 1.807) is 11.8 Å². The van der Waals surface area contributed by atoms with Crippen LogP contribution in [0.3, 0.4) is 0 Å². The number of carbonyl (C=O) groups is 1. The quantitative estimate of drug-likeness (QED) is 0.812. The molecule has 3 heteroatoms. The molecule has 1 N–H and O–H groups in total. The first-order valence-corrected chi connectivity index (χ1v) is 9.53. The molecule has 3 atom stereocenters. The average molecular weight is 327 g/mol. The molecule has 0 heterocycles. The first-order chi connectivity index (χ1) is 11.1. The fraction of sp³-hybridized carbons (Fsp3) is 0.450. The molecule has 23 heavy (non-hydrogen) atoms. The smallest absolute Gasteiger partial charge is 0.230 e. The van der Waals surface area contributed by atoms with Gasteiger partial charge in [-0.1, -0.05) is 57.0 Å².